The fourth-order valence-electron chi connectivity index (χ4n) is 3.91. The quantitative estimate of drug-likeness (QED) is 0.790. The number of nitrogens with one attached hydrogen (secondary N) is 2. The molecule has 2 N–H and O–H groups in total. The Balaban J connectivity index is 0.00000208. The number of ether oxygens (including phenoxy) is 2. The van der Waals surface area contributed by atoms with Gasteiger partial charge in [0, 0.05) is 31.8 Å². The summed E-state index contributed by atoms with van der Waals surface area (Å²) in [4.78, 5) is 0. The first-order valence-corrected chi connectivity index (χ1v) is 9.07. The molecule has 0 radical (unpaired) electrons. The van der Waals surface area contributed by atoms with Crippen molar-refractivity contribution in [1.82, 2.24) is 10.6 Å². The van der Waals surface area contributed by atoms with Crippen molar-refractivity contribution in [3.63, 3.8) is 0 Å². The minimum Gasteiger partial charge on any atom is -0.379 e. The van der Waals surface area contributed by atoms with Gasteiger partial charge in [-0.15, -0.1) is 12.4 Å². The lowest BCUT2D eigenvalue weighted by Crippen LogP contribution is -2.50. The molecule has 1 aromatic rings. The Bertz CT molecular complexity index is 480. The van der Waals surface area contributed by atoms with Gasteiger partial charge in [-0.3, -0.25) is 0 Å². The molecule has 1 heterocycles. The molecule has 4 nitrogen and oxygen atoms in total. The highest BCUT2D eigenvalue weighted by molar-refractivity contribution is 5.85. The van der Waals surface area contributed by atoms with Crippen LogP contribution in [0.2, 0.25) is 0 Å². The van der Waals surface area contributed by atoms with Crippen molar-refractivity contribution >= 4 is 12.4 Å². The lowest BCUT2D eigenvalue weighted by atomic mass is 9.93. The molecule has 2 fully saturated rings. The molecule has 1 saturated heterocycles. The standard InChI is InChI=1S/C19H30N2O2.ClH/c1-2-22-13-16-7-4-3-6-15(16)12-21-18-9-5-8-17(18)19-14-23-11-10-20-19;/h3-4,6-7,17-21H,2,5,8-14H2,1H3;1H. The number of hydrogen-bond acceptors (Lipinski definition) is 4. The third kappa shape index (κ3) is 5.17. The zero-order valence-corrected chi connectivity index (χ0v) is 15.4. The normalized spacial score (nSPS) is 27.0. The van der Waals surface area contributed by atoms with Crippen molar-refractivity contribution < 1.29 is 9.47 Å². The molecular formula is C19H31ClN2O2. The topological polar surface area (TPSA) is 42.5 Å². The van der Waals surface area contributed by atoms with E-state index in [1.54, 1.807) is 0 Å². The van der Waals surface area contributed by atoms with Crippen molar-refractivity contribution in [3.8, 4) is 0 Å². The van der Waals surface area contributed by atoms with E-state index in [1.165, 1.54) is 30.4 Å². The largest absolute Gasteiger partial charge is 0.379 e. The number of rotatable bonds is 7. The predicted octanol–water partition coefficient (Wildman–Crippen LogP) is 2.89. The van der Waals surface area contributed by atoms with Gasteiger partial charge in [-0.2, -0.15) is 0 Å². The van der Waals surface area contributed by atoms with Gasteiger partial charge in [0.15, 0.2) is 0 Å². The molecule has 0 spiro atoms. The smallest absolute Gasteiger partial charge is 0.0719 e. The molecule has 2 aliphatic rings. The van der Waals surface area contributed by atoms with Gasteiger partial charge in [0.05, 0.1) is 19.8 Å². The fourth-order valence-corrected chi connectivity index (χ4v) is 3.91. The predicted molar refractivity (Wildman–Crippen MR) is 99.6 cm³/mol. The molecule has 24 heavy (non-hydrogen) atoms. The van der Waals surface area contributed by atoms with Crippen LogP contribution in [0.5, 0.6) is 0 Å². The summed E-state index contributed by atoms with van der Waals surface area (Å²) in [7, 11) is 0. The third-order valence-corrected chi connectivity index (χ3v) is 5.17. The molecular weight excluding hydrogens is 324 g/mol. The average Bonchev–Trinajstić information content (AvgIpc) is 3.08. The zero-order valence-electron chi connectivity index (χ0n) is 14.6. The van der Waals surface area contributed by atoms with E-state index in [4.69, 9.17) is 9.47 Å². The van der Waals surface area contributed by atoms with Gasteiger partial charge in [-0.1, -0.05) is 30.7 Å². The molecule has 0 bridgehead atoms. The Kier molecular flexibility index (Phi) is 8.50. The van der Waals surface area contributed by atoms with Crippen LogP contribution in [0.3, 0.4) is 0 Å². The molecule has 136 valence electrons. The van der Waals surface area contributed by atoms with E-state index in [9.17, 15) is 0 Å². The first-order valence-electron chi connectivity index (χ1n) is 9.07. The Morgan fingerprint density at radius 3 is 2.83 bits per heavy atom. The Labute approximate surface area is 152 Å². The molecule has 1 aliphatic carbocycles. The van der Waals surface area contributed by atoms with Gasteiger partial charge in [0.25, 0.3) is 0 Å². The zero-order chi connectivity index (χ0) is 15.9. The van der Waals surface area contributed by atoms with Gasteiger partial charge >= 0.3 is 0 Å². The van der Waals surface area contributed by atoms with Crippen molar-refractivity contribution in [2.75, 3.05) is 26.4 Å². The first kappa shape index (κ1) is 19.7. The Morgan fingerprint density at radius 1 is 1.25 bits per heavy atom. The number of halogens is 1. The fraction of sp³-hybridized carbons (Fsp3) is 0.684. The van der Waals surface area contributed by atoms with E-state index in [2.05, 4.69) is 34.9 Å². The number of hydrogen-bond donors (Lipinski definition) is 2. The van der Waals surface area contributed by atoms with Crippen molar-refractivity contribution in [3.05, 3.63) is 35.4 Å². The van der Waals surface area contributed by atoms with E-state index in [1.807, 2.05) is 6.92 Å². The first-order chi connectivity index (χ1) is 11.4. The maximum atomic E-state index is 5.66. The molecule has 3 rings (SSSR count). The van der Waals surface area contributed by atoms with E-state index < -0.39 is 0 Å². The monoisotopic (exact) mass is 354 g/mol. The van der Waals surface area contributed by atoms with Crippen LogP contribution in [0.25, 0.3) is 0 Å². The summed E-state index contributed by atoms with van der Waals surface area (Å²) >= 11 is 0. The maximum Gasteiger partial charge on any atom is 0.0719 e. The summed E-state index contributed by atoms with van der Waals surface area (Å²) in [5.41, 5.74) is 2.66. The number of morpholine rings is 1. The van der Waals surface area contributed by atoms with Crippen molar-refractivity contribution in [2.45, 2.75) is 51.4 Å². The number of benzene rings is 1. The molecule has 1 aromatic carbocycles. The lowest BCUT2D eigenvalue weighted by Gasteiger charge is -2.33. The third-order valence-electron chi connectivity index (χ3n) is 5.17. The lowest BCUT2D eigenvalue weighted by molar-refractivity contribution is 0.0524. The summed E-state index contributed by atoms with van der Waals surface area (Å²) < 4.78 is 11.3. The second kappa shape index (κ2) is 10.4. The van der Waals surface area contributed by atoms with Gasteiger partial charge in [-0.05, 0) is 36.8 Å². The van der Waals surface area contributed by atoms with Crippen LogP contribution < -0.4 is 10.6 Å². The summed E-state index contributed by atoms with van der Waals surface area (Å²) in [6.45, 7) is 7.16. The van der Waals surface area contributed by atoms with Crippen LogP contribution in [-0.2, 0) is 22.6 Å². The maximum absolute atomic E-state index is 5.66. The van der Waals surface area contributed by atoms with Gasteiger partial charge in [0.1, 0.15) is 0 Å². The summed E-state index contributed by atoms with van der Waals surface area (Å²) in [5, 5.41) is 7.45. The summed E-state index contributed by atoms with van der Waals surface area (Å²) in [6.07, 6.45) is 3.90. The van der Waals surface area contributed by atoms with Crippen molar-refractivity contribution in [2.24, 2.45) is 5.92 Å². The summed E-state index contributed by atoms with van der Waals surface area (Å²) in [5.74, 6) is 0.689. The molecule has 1 aliphatic heterocycles. The van der Waals surface area contributed by atoms with Crippen LogP contribution in [0, 0.1) is 5.92 Å². The molecule has 3 atom stereocenters. The van der Waals surface area contributed by atoms with Crippen LogP contribution >= 0.6 is 12.4 Å². The highest BCUT2D eigenvalue weighted by Crippen LogP contribution is 2.29. The Hall–Kier alpha value is -0.650. The van der Waals surface area contributed by atoms with E-state index in [0.717, 1.165) is 32.9 Å². The Morgan fingerprint density at radius 2 is 2.08 bits per heavy atom. The van der Waals surface area contributed by atoms with Gasteiger partial charge in [-0.25, -0.2) is 0 Å². The van der Waals surface area contributed by atoms with Crippen LogP contribution in [0.15, 0.2) is 24.3 Å². The molecule has 3 unspecified atom stereocenters. The highest BCUT2D eigenvalue weighted by atomic mass is 35.5. The SMILES string of the molecule is CCOCc1ccccc1CNC1CCCC1C1COCCN1.Cl. The van der Waals surface area contributed by atoms with Crippen molar-refractivity contribution in [1.29, 1.82) is 0 Å². The molecule has 0 amide bonds. The second-order valence-corrected chi connectivity index (χ2v) is 6.62. The van der Waals surface area contributed by atoms with Crippen LogP contribution in [-0.4, -0.2) is 38.4 Å². The summed E-state index contributed by atoms with van der Waals surface area (Å²) in [6, 6.07) is 9.72. The molecule has 5 heteroatoms. The minimum absolute atomic E-state index is 0. The second-order valence-electron chi connectivity index (χ2n) is 6.62. The van der Waals surface area contributed by atoms with E-state index in [0.29, 0.717) is 24.6 Å². The van der Waals surface area contributed by atoms with Crippen LogP contribution in [0.1, 0.15) is 37.3 Å². The average molecular weight is 355 g/mol. The van der Waals surface area contributed by atoms with E-state index in [-0.39, 0.29) is 12.4 Å². The minimum atomic E-state index is 0. The van der Waals surface area contributed by atoms with Crippen LogP contribution in [0.4, 0.5) is 0 Å². The van der Waals surface area contributed by atoms with Gasteiger partial charge in [0.2, 0.25) is 0 Å². The van der Waals surface area contributed by atoms with Gasteiger partial charge < -0.3 is 20.1 Å². The molecule has 1 saturated carbocycles. The highest BCUT2D eigenvalue weighted by Gasteiger charge is 2.34. The molecule has 0 aromatic heterocycles. The van der Waals surface area contributed by atoms with E-state index >= 15 is 0 Å².